The van der Waals surface area contributed by atoms with E-state index in [1.807, 2.05) is 43.0 Å². The zero-order valence-electron chi connectivity index (χ0n) is 12.8. The van der Waals surface area contributed by atoms with Gasteiger partial charge in [-0.25, -0.2) is 0 Å². The van der Waals surface area contributed by atoms with E-state index in [4.69, 9.17) is 4.74 Å². The Morgan fingerprint density at radius 2 is 1.90 bits per heavy atom. The number of carbonyl (C=O) groups is 1. The second-order valence-electron chi connectivity index (χ2n) is 4.62. The van der Waals surface area contributed by atoms with Gasteiger partial charge < -0.3 is 15.0 Å². The van der Waals surface area contributed by atoms with Crippen LogP contribution in [0.25, 0.3) is 0 Å². The van der Waals surface area contributed by atoms with E-state index in [0.29, 0.717) is 13.2 Å². The number of anilines is 1. The third-order valence-electron chi connectivity index (χ3n) is 3.19. The zero-order valence-corrected chi connectivity index (χ0v) is 12.8. The second kappa shape index (κ2) is 9.23. The summed E-state index contributed by atoms with van der Waals surface area (Å²) in [6.45, 7) is 8.61. The fourth-order valence-electron chi connectivity index (χ4n) is 1.92. The van der Waals surface area contributed by atoms with E-state index in [1.54, 1.807) is 0 Å². The summed E-state index contributed by atoms with van der Waals surface area (Å²) in [6.07, 6.45) is 2.14. The van der Waals surface area contributed by atoms with E-state index < -0.39 is 0 Å². The van der Waals surface area contributed by atoms with Gasteiger partial charge in [0.05, 0.1) is 18.8 Å². The number of ether oxygens (including phenoxy) is 1. The van der Waals surface area contributed by atoms with Crippen LogP contribution >= 0.6 is 0 Å². The van der Waals surface area contributed by atoms with E-state index in [9.17, 15) is 4.79 Å². The highest BCUT2D eigenvalue weighted by Crippen LogP contribution is 2.23. The molecule has 0 spiro atoms. The van der Waals surface area contributed by atoms with Gasteiger partial charge in [0.2, 0.25) is 5.91 Å². The SMILES string of the molecule is CCCCOc1ccccc1NCC(=O)N(CC)CC. The Morgan fingerprint density at radius 3 is 2.55 bits per heavy atom. The van der Waals surface area contributed by atoms with Crippen molar-refractivity contribution in [3.63, 3.8) is 0 Å². The van der Waals surface area contributed by atoms with Gasteiger partial charge in [-0.1, -0.05) is 25.5 Å². The van der Waals surface area contributed by atoms with Crippen LogP contribution in [0.5, 0.6) is 5.75 Å². The Kier molecular flexibility index (Phi) is 7.55. The molecule has 0 aliphatic rings. The van der Waals surface area contributed by atoms with Crippen LogP contribution in [0.3, 0.4) is 0 Å². The maximum atomic E-state index is 12.0. The fraction of sp³-hybridized carbons (Fsp3) is 0.562. The molecule has 0 saturated heterocycles. The molecule has 0 unspecified atom stereocenters. The Balaban J connectivity index is 2.56. The summed E-state index contributed by atoms with van der Waals surface area (Å²) in [6, 6.07) is 7.76. The number of para-hydroxylation sites is 2. The average Bonchev–Trinajstić information content (AvgIpc) is 2.48. The van der Waals surface area contributed by atoms with Gasteiger partial charge in [-0.2, -0.15) is 0 Å². The Bertz CT molecular complexity index is 403. The van der Waals surface area contributed by atoms with Gasteiger partial charge >= 0.3 is 0 Å². The smallest absolute Gasteiger partial charge is 0.241 e. The largest absolute Gasteiger partial charge is 0.491 e. The number of amides is 1. The molecule has 0 aliphatic carbocycles. The predicted octanol–water partition coefficient (Wildman–Crippen LogP) is 3.15. The first kappa shape index (κ1) is 16.3. The maximum absolute atomic E-state index is 12.0. The molecule has 4 nitrogen and oxygen atoms in total. The lowest BCUT2D eigenvalue weighted by molar-refractivity contribution is -0.128. The molecule has 0 atom stereocenters. The van der Waals surface area contributed by atoms with Crippen molar-refractivity contribution < 1.29 is 9.53 Å². The van der Waals surface area contributed by atoms with Gasteiger partial charge in [-0.3, -0.25) is 4.79 Å². The van der Waals surface area contributed by atoms with E-state index in [0.717, 1.165) is 37.4 Å². The van der Waals surface area contributed by atoms with Crippen LogP contribution in [0.1, 0.15) is 33.6 Å². The van der Waals surface area contributed by atoms with Gasteiger partial charge in [0.25, 0.3) is 0 Å². The molecule has 4 heteroatoms. The van der Waals surface area contributed by atoms with Crippen molar-refractivity contribution in [3.05, 3.63) is 24.3 Å². The highest BCUT2D eigenvalue weighted by Gasteiger charge is 2.10. The molecule has 0 bridgehead atoms. The molecule has 1 aromatic rings. The van der Waals surface area contributed by atoms with E-state index in [1.165, 1.54) is 0 Å². The first-order valence-electron chi connectivity index (χ1n) is 7.46. The summed E-state index contributed by atoms with van der Waals surface area (Å²) in [4.78, 5) is 13.8. The van der Waals surface area contributed by atoms with Crippen LogP contribution in [-0.2, 0) is 4.79 Å². The quantitative estimate of drug-likeness (QED) is 0.706. The summed E-state index contributed by atoms with van der Waals surface area (Å²) in [5.41, 5.74) is 0.879. The van der Waals surface area contributed by atoms with Gasteiger partial charge in [0.1, 0.15) is 5.75 Å². The maximum Gasteiger partial charge on any atom is 0.241 e. The predicted molar refractivity (Wildman–Crippen MR) is 83.3 cm³/mol. The summed E-state index contributed by atoms with van der Waals surface area (Å²) in [7, 11) is 0. The Morgan fingerprint density at radius 1 is 1.20 bits per heavy atom. The van der Waals surface area contributed by atoms with Crippen molar-refractivity contribution in [3.8, 4) is 5.75 Å². The first-order chi connectivity index (χ1) is 9.72. The number of rotatable bonds is 9. The minimum Gasteiger partial charge on any atom is -0.491 e. The lowest BCUT2D eigenvalue weighted by Crippen LogP contribution is -2.35. The van der Waals surface area contributed by atoms with Crippen molar-refractivity contribution in [2.24, 2.45) is 0 Å². The lowest BCUT2D eigenvalue weighted by Gasteiger charge is -2.20. The molecule has 1 rings (SSSR count). The van der Waals surface area contributed by atoms with Gasteiger partial charge in [0.15, 0.2) is 0 Å². The molecule has 1 N–H and O–H groups in total. The summed E-state index contributed by atoms with van der Waals surface area (Å²) >= 11 is 0. The number of hydrogen-bond donors (Lipinski definition) is 1. The molecule has 0 heterocycles. The number of carbonyl (C=O) groups excluding carboxylic acids is 1. The van der Waals surface area contributed by atoms with Crippen molar-refractivity contribution in [2.45, 2.75) is 33.6 Å². The van der Waals surface area contributed by atoms with Crippen molar-refractivity contribution in [2.75, 3.05) is 31.6 Å². The molecule has 0 aliphatic heterocycles. The monoisotopic (exact) mass is 278 g/mol. The minimum atomic E-state index is 0.110. The van der Waals surface area contributed by atoms with E-state index >= 15 is 0 Å². The number of likely N-dealkylation sites (N-methyl/N-ethyl adjacent to an activating group) is 1. The van der Waals surface area contributed by atoms with E-state index in [2.05, 4.69) is 12.2 Å². The minimum absolute atomic E-state index is 0.110. The van der Waals surface area contributed by atoms with Crippen molar-refractivity contribution >= 4 is 11.6 Å². The van der Waals surface area contributed by atoms with Crippen LogP contribution in [0, 0.1) is 0 Å². The van der Waals surface area contributed by atoms with Crippen LogP contribution in [0.15, 0.2) is 24.3 Å². The standard InChI is InChI=1S/C16H26N2O2/c1-4-7-12-20-15-11-9-8-10-14(15)17-13-16(19)18(5-2)6-3/h8-11,17H,4-7,12-13H2,1-3H3. The van der Waals surface area contributed by atoms with Gasteiger partial charge in [0, 0.05) is 13.1 Å². The third kappa shape index (κ3) is 5.11. The number of nitrogens with one attached hydrogen (secondary N) is 1. The highest BCUT2D eigenvalue weighted by molar-refractivity contribution is 5.81. The number of hydrogen-bond acceptors (Lipinski definition) is 3. The molecule has 1 amide bonds. The first-order valence-corrected chi connectivity index (χ1v) is 7.46. The van der Waals surface area contributed by atoms with Crippen LogP contribution in [0.4, 0.5) is 5.69 Å². The molecule has 0 aromatic heterocycles. The third-order valence-corrected chi connectivity index (χ3v) is 3.19. The Hall–Kier alpha value is -1.71. The molecule has 20 heavy (non-hydrogen) atoms. The lowest BCUT2D eigenvalue weighted by atomic mass is 10.3. The number of nitrogens with zero attached hydrogens (tertiary/aromatic N) is 1. The molecule has 0 radical (unpaired) electrons. The van der Waals surface area contributed by atoms with Gasteiger partial charge in [-0.05, 0) is 32.4 Å². The van der Waals surface area contributed by atoms with Gasteiger partial charge in [-0.15, -0.1) is 0 Å². The zero-order chi connectivity index (χ0) is 14.8. The number of benzene rings is 1. The Labute approximate surface area is 122 Å². The summed E-state index contributed by atoms with van der Waals surface area (Å²) in [5.74, 6) is 0.923. The fourth-order valence-corrected chi connectivity index (χ4v) is 1.92. The van der Waals surface area contributed by atoms with Crippen molar-refractivity contribution in [1.29, 1.82) is 0 Å². The molecule has 112 valence electrons. The van der Waals surface area contributed by atoms with Crippen LogP contribution in [0.2, 0.25) is 0 Å². The molecule has 0 fully saturated rings. The van der Waals surface area contributed by atoms with Crippen molar-refractivity contribution in [1.82, 2.24) is 4.90 Å². The van der Waals surface area contributed by atoms with Crippen LogP contribution in [-0.4, -0.2) is 37.0 Å². The van der Waals surface area contributed by atoms with E-state index in [-0.39, 0.29) is 5.91 Å². The molecule has 1 aromatic carbocycles. The summed E-state index contributed by atoms with van der Waals surface area (Å²) < 4.78 is 5.74. The van der Waals surface area contributed by atoms with Crippen LogP contribution < -0.4 is 10.1 Å². The second-order valence-corrected chi connectivity index (χ2v) is 4.62. The average molecular weight is 278 g/mol. The molecular formula is C16H26N2O2. The molecular weight excluding hydrogens is 252 g/mol. The molecule has 0 saturated carbocycles. The topological polar surface area (TPSA) is 41.6 Å². The normalized spacial score (nSPS) is 10.2. The highest BCUT2D eigenvalue weighted by atomic mass is 16.5. The number of unbranched alkanes of at least 4 members (excludes halogenated alkanes) is 1. The summed E-state index contributed by atoms with van der Waals surface area (Å²) in [5, 5.41) is 3.17.